The quantitative estimate of drug-likeness (QED) is 0.599. The number of amides is 1. The van der Waals surface area contributed by atoms with Crippen molar-refractivity contribution in [2.24, 2.45) is 0 Å². The second-order valence-corrected chi connectivity index (χ2v) is 8.16. The average Bonchev–Trinajstić information content (AvgIpc) is 3.27. The molecule has 0 spiro atoms. The minimum Gasteiger partial charge on any atom is -0.487 e. The minimum absolute atomic E-state index is 0.0831. The largest absolute Gasteiger partial charge is 0.487 e. The van der Waals surface area contributed by atoms with Crippen molar-refractivity contribution in [1.82, 2.24) is 20.1 Å². The molecule has 1 amide bonds. The molecule has 32 heavy (non-hydrogen) atoms. The minimum atomic E-state index is -0.415. The number of benzene rings is 2. The summed E-state index contributed by atoms with van der Waals surface area (Å²) in [4.78, 5) is 28.3. The Hall–Kier alpha value is -3.55. The van der Waals surface area contributed by atoms with Crippen molar-refractivity contribution in [2.45, 2.75) is 46.8 Å². The zero-order valence-corrected chi connectivity index (χ0v) is 18.5. The molecule has 1 N–H and O–H groups in total. The number of rotatable bonds is 6. The van der Waals surface area contributed by atoms with Gasteiger partial charge in [-0.15, -0.1) is 0 Å². The monoisotopic (exact) mass is 436 g/mol. The lowest BCUT2D eigenvalue weighted by atomic mass is 9.95. The van der Waals surface area contributed by atoms with Crippen LogP contribution in [0.2, 0.25) is 0 Å². The summed E-state index contributed by atoms with van der Waals surface area (Å²) in [5, 5.41) is 7.08. The van der Waals surface area contributed by atoms with Crippen molar-refractivity contribution in [1.29, 1.82) is 0 Å². The molecule has 1 atom stereocenters. The molecule has 1 aliphatic rings. The lowest BCUT2D eigenvalue weighted by Crippen LogP contribution is -2.36. The summed E-state index contributed by atoms with van der Waals surface area (Å²) in [6.45, 7) is 7.37. The molecule has 0 radical (unpaired) electrons. The second-order valence-electron chi connectivity index (χ2n) is 8.16. The van der Waals surface area contributed by atoms with E-state index < -0.39 is 5.82 Å². The SMILES string of the molecule is CC(=O)c1ccc(F)c(-c2cc(C)cc3c2O[C@@H](CNC(=O)Cn2nc(C)nc2C)C3)c1. The highest BCUT2D eigenvalue weighted by atomic mass is 19.1. The topological polar surface area (TPSA) is 86.1 Å². The van der Waals surface area contributed by atoms with E-state index in [0.717, 1.165) is 11.1 Å². The van der Waals surface area contributed by atoms with Crippen molar-refractivity contribution in [3.8, 4) is 16.9 Å². The number of aromatic nitrogens is 3. The van der Waals surface area contributed by atoms with E-state index >= 15 is 0 Å². The van der Waals surface area contributed by atoms with Crippen LogP contribution in [0.5, 0.6) is 5.75 Å². The number of fused-ring (bicyclic) bond motifs is 1. The predicted octanol–water partition coefficient (Wildman–Crippen LogP) is 3.33. The summed E-state index contributed by atoms with van der Waals surface area (Å²) < 4.78 is 22.4. The second kappa shape index (κ2) is 8.53. The lowest BCUT2D eigenvalue weighted by molar-refractivity contribution is -0.122. The van der Waals surface area contributed by atoms with Crippen molar-refractivity contribution < 1.29 is 18.7 Å². The van der Waals surface area contributed by atoms with Crippen LogP contribution in [0.25, 0.3) is 11.1 Å². The van der Waals surface area contributed by atoms with E-state index in [0.29, 0.717) is 47.1 Å². The van der Waals surface area contributed by atoms with Crippen molar-refractivity contribution in [3.05, 3.63) is 64.5 Å². The third-order valence-electron chi connectivity index (χ3n) is 5.49. The maximum atomic E-state index is 14.7. The van der Waals surface area contributed by atoms with Crippen molar-refractivity contribution in [3.63, 3.8) is 0 Å². The van der Waals surface area contributed by atoms with E-state index in [2.05, 4.69) is 15.4 Å². The predicted molar refractivity (Wildman–Crippen MR) is 117 cm³/mol. The van der Waals surface area contributed by atoms with Gasteiger partial charge in [0.15, 0.2) is 5.78 Å². The molecule has 166 valence electrons. The van der Waals surface area contributed by atoms with Crippen LogP contribution in [-0.2, 0) is 17.8 Å². The van der Waals surface area contributed by atoms with E-state index in [1.807, 2.05) is 19.1 Å². The smallest absolute Gasteiger partial charge is 0.241 e. The third kappa shape index (κ3) is 4.39. The van der Waals surface area contributed by atoms with Gasteiger partial charge in [0.1, 0.15) is 35.9 Å². The molecule has 1 aliphatic heterocycles. The highest BCUT2D eigenvalue weighted by Gasteiger charge is 2.28. The number of ether oxygens (including phenoxy) is 1. The zero-order valence-electron chi connectivity index (χ0n) is 18.5. The molecule has 0 saturated carbocycles. The van der Waals surface area contributed by atoms with Crippen LogP contribution in [0, 0.1) is 26.6 Å². The number of carbonyl (C=O) groups excluding carboxylic acids is 2. The number of nitrogens with zero attached hydrogens (tertiary/aromatic N) is 3. The van der Waals surface area contributed by atoms with Gasteiger partial charge in [-0.3, -0.25) is 9.59 Å². The Balaban J connectivity index is 1.50. The lowest BCUT2D eigenvalue weighted by Gasteiger charge is -2.15. The Labute approximate surface area is 185 Å². The highest BCUT2D eigenvalue weighted by Crippen LogP contribution is 2.41. The van der Waals surface area contributed by atoms with E-state index in [4.69, 9.17) is 4.74 Å². The van der Waals surface area contributed by atoms with Gasteiger partial charge in [-0.2, -0.15) is 5.10 Å². The number of ketones is 1. The van der Waals surface area contributed by atoms with Crippen LogP contribution in [-0.4, -0.2) is 39.1 Å². The Morgan fingerprint density at radius 2 is 1.97 bits per heavy atom. The summed E-state index contributed by atoms with van der Waals surface area (Å²) in [5.41, 5.74) is 3.31. The zero-order chi connectivity index (χ0) is 23.0. The molecule has 4 rings (SSSR count). The number of hydrogen-bond acceptors (Lipinski definition) is 5. The van der Waals surface area contributed by atoms with Crippen LogP contribution in [0.3, 0.4) is 0 Å². The van der Waals surface area contributed by atoms with Gasteiger partial charge in [0.25, 0.3) is 0 Å². The van der Waals surface area contributed by atoms with Crippen LogP contribution < -0.4 is 10.1 Å². The standard InChI is InChI=1S/C24H25FN4O3/c1-13-7-18-9-19(11-26-23(31)12-29-16(4)27-15(3)28-29)32-24(18)21(8-13)20-10-17(14(2)30)5-6-22(20)25/h5-8,10,19H,9,11-12H2,1-4H3,(H,26,31)/t19-/m1/s1. The molecule has 0 aliphatic carbocycles. The molecular weight excluding hydrogens is 411 g/mol. The number of carbonyl (C=O) groups is 2. The molecule has 0 bridgehead atoms. The van der Waals surface area contributed by atoms with Gasteiger partial charge in [0, 0.05) is 23.1 Å². The fourth-order valence-corrected chi connectivity index (χ4v) is 3.99. The molecule has 2 aromatic carbocycles. The number of hydrogen-bond donors (Lipinski definition) is 1. The molecule has 8 heteroatoms. The van der Waals surface area contributed by atoms with Gasteiger partial charge >= 0.3 is 0 Å². The molecule has 0 saturated heterocycles. The highest BCUT2D eigenvalue weighted by molar-refractivity contribution is 5.95. The van der Waals surface area contributed by atoms with Gasteiger partial charge in [-0.1, -0.05) is 6.07 Å². The Morgan fingerprint density at radius 3 is 2.66 bits per heavy atom. The summed E-state index contributed by atoms with van der Waals surface area (Å²) >= 11 is 0. The molecule has 3 aromatic rings. The van der Waals surface area contributed by atoms with Crippen LogP contribution in [0.1, 0.15) is 40.1 Å². The van der Waals surface area contributed by atoms with Gasteiger partial charge in [-0.25, -0.2) is 14.1 Å². The average molecular weight is 436 g/mol. The Bertz CT molecular complexity index is 1220. The first-order valence-corrected chi connectivity index (χ1v) is 10.5. The third-order valence-corrected chi connectivity index (χ3v) is 5.49. The normalized spacial score (nSPS) is 14.7. The van der Waals surface area contributed by atoms with Crippen molar-refractivity contribution >= 4 is 11.7 Å². The summed E-state index contributed by atoms with van der Waals surface area (Å²) in [6, 6.07) is 8.22. The molecule has 7 nitrogen and oxygen atoms in total. The fraction of sp³-hybridized carbons (Fsp3) is 0.333. The Morgan fingerprint density at radius 1 is 1.19 bits per heavy atom. The molecule has 1 aromatic heterocycles. The number of nitrogens with one attached hydrogen (secondary N) is 1. The van der Waals surface area contributed by atoms with E-state index in [9.17, 15) is 14.0 Å². The molecule has 0 fully saturated rings. The van der Waals surface area contributed by atoms with Crippen LogP contribution in [0.4, 0.5) is 4.39 Å². The van der Waals surface area contributed by atoms with E-state index in [1.54, 1.807) is 24.6 Å². The van der Waals surface area contributed by atoms with Crippen LogP contribution in [0.15, 0.2) is 30.3 Å². The van der Waals surface area contributed by atoms with Gasteiger partial charge in [0.05, 0.1) is 6.54 Å². The van der Waals surface area contributed by atoms with Gasteiger partial charge < -0.3 is 10.1 Å². The fourth-order valence-electron chi connectivity index (χ4n) is 3.99. The first-order chi connectivity index (χ1) is 15.2. The first-order valence-electron chi connectivity index (χ1n) is 10.5. The van der Waals surface area contributed by atoms with Gasteiger partial charge in [-0.05, 0) is 63.1 Å². The molecule has 0 unspecified atom stereocenters. The number of Topliss-reactive ketones (excluding diaryl/α,β-unsaturated/α-hetero) is 1. The van der Waals surface area contributed by atoms with E-state index in [1.165, 1.54) is 19.1 Å². The number of aryl methyl sites for hydroxylation is 3. The van der Waals surface area contributed by atoms with Gasteiger partial charge in [0.2, 0.25) is 5.91 Å². The number of halogens is 1. The molecular formula is C24H25FN4O3. The maximum absolute atomic E-state index is 14.7. The van der Waals surface area contributed by atoms with E-state index in [-0.39, 0.29) is 24.3 Å². The summed E-state index contributed by atoms with van der Waals surface area (Å²) in [7, 11) is 0. The van der Waals surface area contributed by atoms with Crippen molar-refractivity contribution in [2.75, 3.05) is 6.54 Å². The molecule has 2 heterocycles. The summed E-state index contributed by atoms with van der Waals surface area (Å²) in [5.74, 6) is 1.16. The summed E-state index contributed by atoms with van der Waals surface area (Å²) in [6.07, 6.45) is 0.326. The maximum Gasteiger partial charge on any atom is 0.241 e. The first kappa shape index (κ1) is 21.7. The Kier molecular flexibility index (Phi) is 5.78. The van der Waals surface area contributed by atoms with Crippen LogP contribution >= 0.6 is 0 Å².